The number of carbonyl (C=O) groups is 1. The largest absolute Gasteiger partial charge is 0.350 e. The lowest BCUT2D eigenvalue weighted by atomic mass is 10.2. The first-order valence-electron chi connectivity index (χ1n) is 6.67. The lowest BCUT2D eigenvalue weighted by molar-refractivity contribution is -0.112. The summed E-state index contributed by atoms with van der Waals surface area (Å²) < 4.78 is 0. The van der Waals surface area contributed by atoms with E-state index in [1.165, 1.54) is 12.3 Å². The Morgan fingerprint density at radius 1 is 1.22 bits per heavy atom. The monoisotopic (exact) mass is 345 g/mol. The molecule has 0 aliphatic rings. The number of benzene rings is 2. The first-order chi connectivity index (χ1) is 11.0. The van der Waals surface area contributed by atoms with Crippen molar-refractivity contribution in [3.63, 3.8) is 0 Å². The van der Waals surface area contributed by atoms with E-state index in [0.29, 0.717) is 15.7 Å². The predicted molar refractivity (Wildman–Crippen MR) is 93.6 cm³/mol. The van der Waals surface area contributed by atoms with Gasteiger partial charge in [-0.15, -0.1) is 0 Å². The topological polar surface area (TPSA) is 56.1 Å². The number of hydrogen-bond acceptors (Lipinski definition) is 3. The molecule has 0 saturated heterocycles. The van der Waals surface area contributed by atoms with Crippen LogP contribution >= 0.6 is 23.2 Å². The highest BCUT2D eigenvalue weighted by molar-refractivity contribution is 6.35. The molecule has 2 aromatic rings. The van der Waals surface area contributed by atoms with E-state index in [4.69, 9.17) is 23.2 Å². The molecule has 23 heavy (non-hydrogen) atoms. The first-order valence-corrected chi connectivity index (χ1v) is 7.43. The second-order valence-corrected chi connectivity index (χ2v) is 5.52. The molecule has 0 aromatic heterocycles. The van der Waals surface area contributed by atoms with E-state index in [1.54, 1.807) is 24.1 Å². The van der Waals surface area contributed by atoms with Gasteiger partial charge in [-0.2, -0.15) is 5.26 Å². The molecule has 0 heterocycles. The van der Waals surface area contributed by atoms with Gasteiger partial charge < -0.3 is 10.2 Å². The van der Waals surface area contributed by atoms with Crippen LogP contribution in [-0.2, 0) is 4.79 Å². The van der Waals surface area contributed by atoms with E-state index in [1.807, 2.05) is 36.4 Å². The molecular weight excluding hydrogens is 333 g/mol. The van der Waals surface area contributed by atoms with Crippen LogP contribution in [0.15, 0.2) is 60.3 Å². The highest BCUT2D eigenvalue weighted by Gasteiger charge is 2.13. The minimum Gasteiger partial charge on any atom is -0.350 e. The van der Waals surface area contributed by atoms with Gasteiger partial charge in [0.1, 0.15) is 11.6 Å². The van der Waals surface area contributed by atoms with Crippen LogP contribution in [0, 0.1) is 11.3 Å². The number of nitriles is 1. The summed E-state index contributed by atoms with van der Waals surface area (Å²) in [4.78, 5) is 13.9. The van der Waals surface area contributed by atoms with Crippen molar-refractivity contribution < 1.29 is 4.79 Å². The lowest BCUT2D eigenvalue weighted by Gasteiger charge is -2.15. The molecule has 0 unspecified atom stereocenters. The van der Waals surface area contributed by atoms with Crippen molar-refractivity contribution in [3.05, 3.63) is 70.3 Å². The van der Waals surface area contributed by atoms with Crippen molar-refractivity contribution in [2.75, 3.05) is 17.3 Å². The Hall–Kier alpha value is -2.48. The summed E-state index contributed by atoms with van der Waals surface area (Å²) in [5, 5.41) is 12.6. The Kier molecular flexibility index (Phi) is 5.64. The van der Waals surface area contributed by atoms with E-state index >= 15 is 0 Å². The molecule has 6 heteroatoms. The summed E-state index contributed by atoms with van der Waals surface area (Å²) in [6.07, 6.45) is 1.46. The maximum atomic E-state index is 12.2. The number of rotatable bonds is 4. The van der Waals surface area contributed by atoms with Crippen LogP contribution in [0.2, 0.25) is 10.0 Å². The van der Waals surface area contributed by atoms with Gasteiger partial charge in [-0.3, -0.25) is 4.79 Å². The van der Waals surface area contributed by atoms with Gasteiger partial charge in [0.2, 0.25) is 0 Å². The van der Waals surface area contributed by atoms with Crippen LogP contribution in [0.1, 0.15) is 0 Å². The number of carbonyl (C=O) groups excluding carboxylic acids is 1. The Bertz CT molecular complexity index is 782. The number of halogens is 2. The van der Waals surface area contributed by atoms with Crippen molar-refractivity contribution in [1.82, 2.24) is 0 Å². The minimum absolute atomic E-state index is 0.0487. The summed E-state index contributed by atoms with van der Waals surface area (Å²) in [5.74, 6) is -0.556. The molecule has 0 radical (unpaired) electrons. The van der Waals surface area contributed by atoms with E-state index < -0.39 is 5.91 Å². The maximum Gasteiger partial charge on any atom is 0.267 e. The highest BCUT2D eigenvalue weighted by atomic mass is 35.5. The van der Waals surface area contributed by atoms with Crippen molar-refractivity contribution in [2.45, 2.75) is 0 Å². The van der Waals surface area contributed by atoms with Gasteiger partial charge >= 0.3 is 0 Å². The summed E-state index contributed by atoms with van der Waals surface area (Å²) in [5.41, 5.74) is 1.16. The van der Waals surface area contributed by atoms with Crippen molar-refractivity contribution in [2.24, 2.45) is 0 Å². The van der Waals surface area contributed by atoms with Crippen LogP contribution < -0.4 is 10.2 Å². The fourth-order valence-electron chi connectivity index (χ4n) is 1.85. The third-order valence-electron chi connectivity index (χ3n) is 3.03. The van der Waals surface area contributed by atoms with Crippen LogP contribution in [-0.4, -0.2) is 13.0 Å². The maximum absolute atomic E-state index is 12.2. The van der Waals surface area contributed by atoms with Crippen LogP contribution in [0.4, 0.5) is 11.4 Å². The molecular formula is C17H13Cl2N3O. The molecule has 0 aliphatic heterocycles. The Labute approximate surface area is 144 Å². The van der Waals surface area contributed by atoms with Gasteiger partial charge in [0.05, 0.1) is 10.7 Å². The average Bonchev–Trinajstić information content (AvgIpc) is 2.56. The lowest BCUT2D eigenvalue weighted by Crippen LogP contribution is -2.18. The van der Waals surface area contributed by atoms with Crippen molar-refractivity contribution in [1.29, 1.82) is 5.26 Å². The molecule has 1 N–H and O–H groups in total. The smallest absolute Gasteiger partial charge is 0.267 e. The third kappa shape index (κ3) is 4.49. The Morgan fingerprint density at radius 2 is 1.91 bits per heavy atom. The molecule has 4 nitrogen and oxygen atoms in total. The normalized spacial score (nSPS) is 10.8. The van der Waals surface area contributed by atoms with Crippen LogP contribution in [0.25, 0.3) is 0 Å². The van der Waals surface area contributed by atoms with Gasteiger partial charge in [-0.1, -0.05) is 41.4 Å². The van der Waals surface area contributed by atoms with E-state index in [9.17, 15) is 10.1 Å². The molecule has 0 bridgehead atoms. The van der Waals surface area contributed by atoms with Gasteiger partial charge in [0.15, 0.2) is 0 Å². The number of anilines is 2. The Balaban J connectivity index is 2.20. The number of nitrogens with one attached hydrogen (secondary N) is 1. The average molecular weight is 346 g/mol. The molecule has 0 spiro atoms. The fourth-order valence-corrected chi connectivity index (χ4v) is 2.19. The molecule has 2 rings (SSSR count). The van der Waals surface area contributed by atoms with E-state index in [0.717, 1.165) is 5.69 Å². The molecule has 0 atom stereocenters. The summed E-state index contributed by atoms with van der Waals surface area (Å²) >= 11 is 11.9. The standard InChI is InChI=1S/C17H13Cl2N3O/c1-22(14-5-3-2-4-6-14)11-12(10-20)17(23)21-16-9-13(18)7-8-15(16)19/h2-9,11H,1H3,(H,21,23)/b12-11-. The summed E-state index contributed by atoms with van der Waals surface area (Å²) in [6, 6.07) is 16.0. The number of hydrogen-bond donors (Lipinski definition) is 1. The Morgan fingerprint density at radius 3 is 2.57 bits per heavy atom. The fraction of sp³-hybridized carbons (Fsp3) is 0.0588. The predicted octanol–water partition coefficient (Wildman–Crippen LogP) is 4.48. The first kappa shape index (κ1) is 16.9. The van der Waals surface area contributed by atoms with E-state index in [-0.39, 0.29) is 5.57 Å². The summed E-state index contributed by atoms with van der Waals surface area (Å²) in [7, 11) is 1.76. The van der Waals surface area contributed by atoms with Crippen molar-refractivity contribution >= 4 is 40.5 Å². The second-order valence-electron chi connectivity index (χ2n) is 4.68. The molecule has 0 aliphatic carbocycles. The zero-order chi connectivity index (χ0) is 16.8. The molecule has 116 valence electrons. The second kappa shape index (κ2) is 7.68. The van der Waals surface area contributed by atoms with Crippen LogP contribution in [0.3, 0.4) is 0 Å². The van der Waals surface area contributed by atoms with Crippen molar-refractivity contribution in [3.8, 4) is 6.07 Å². The molecule has 1 amide bonds. The molecule has 0 fully saturated rings. The zero-order valence-electron chi connectivity index (χ0n) is 12.3. The highest BCUT2D eigenvalue weighted by Crippen LogP contribution is 2.25. The van der Waals surface area contributed by atoms with Gasteiger partial charge in [0, 0.05) is 24.0 Å². The quantitative estimate of drug-likeness (QED) is 0.656. The minimum atomic E-state index is -0.556. The van der Waals surface area contributed by atoms with Crippen LogP contribution in [0.5, 0.6) is 0 Å². The summed E-state index contributed by atoms with van der Waals surface area (Å²) in [6.45, 7) is 0. The van der Waals surface area contributed by atoms with Gasteiger partial charge in [-0.25, -0.2) is 0 Å². The third-order valence-corrected chi connectivity index (χ3v) is 3.59. The van der Waals surface area contributed by atoms with E-state index in [2.05, 4.69) is 5.32 Å². The molecule has 0 saturated carbocycles. The van der Waals surface area contributed by atoms with Gasteiger partial charge in [0.25, 0.3) is 5.91 Å². The number of amides is 1. The SMILES string of the molecule is CN(/C=C(/C#N)C(=O)Nc1cc(Cl)ccc1Cl)c1ccccc1. The number of nitrogens with zero attached hydrogens (tertiary/aromatic N) is 2. The number of para-hydroxylation sites is 1. The zero-order valence-corrected chi connectivity index (χ0v) is 13.8. The molecule has 2 aromatic carbocycles. The van der Waals surface area contributed by atoms with Gasteiger partial charge in [-0.05, 0) is 30.3 Å².